The first kappa shape index (κ1) is 22.1. The maximum atomic E-state index is 13.7. The largest absolute Gasteiger partial charge is 0.452 e. The highest BCUT2D eigenvalue weighted by molar-refractivity contribution is 6.16. The summed E-state index contributed by atoms with van der Waals surface area (Å²) in [6.45, 7) is 3.28. The van der Waals surface area contributed by atoms with Gasteiger partial charge < -0.3 is 14.5 Å². The highest BCUT2D eigenvalue weighted by atomic mass is 16.5. The van der Waals surface area contributed by atoms with E-state index >= 15 is 0 Å². The summed E-state index contributed by atoms with van der Waals surface area (Å²) in [5.41, 5.74) is -0.0300. The smallest absolute Gasteiger partial charge is 0.354 e. The van der Waals surface area contributed by atoms with Crippen LogP contribution < -0.4 is 9.80 Å². The number of para-hydroxylation sites is 2. The number of benzene rings is 2. The zero-order valence-electron chi connectivity index (χ0n) is 19.3. The Labute approximate surface area is 198 Å². The van der Waals surface area contributed by atoms with Gasteiger partial charge in [-0.25, -0.2) is 4.79 Å². The van der Waals surface area contributed by atoms with E-state index in [0.29, 0.717) is 16.9 Å². The molecule has 0 aromatic heterocycles. The van der Waals surface area contributed by atoms with E-state index in [9.17, 15) is 19.2 Å². The maximum absolute atomic E-state index is 13.7. The summed E-state index contributed by atoms with van der Waals surface area (Å²) < 4.78 is 5.60. The number of ether oxygens (including phenoxy) is 1. The van der Waals surface area contributed by atoms with Crippen LogP contribution in [0.25, 0.3) is 0 Å². The lowest BCUT2D eigenvalue weighted by atomic mass is 9.96. The molecule has 2 aromatic carbocycles. The first-order valence-corrected chi connectivity index (χ1v) is 11.7. The molecule has 1 saturated carbocycles. The van der Waals surface area contributed by atoms with Crippen LogP contribution in [-0.2, 0) is 19.1 Å². The molecule has 2 fully saturated rings. The molecule has 8 heteroatoms. The summed E-state index contributed by atoms with van der Waals surface area (Å²) in [6, 6.07) is 15.7. The number of fused-ring (bicyclic) bond motifs is 3. The fourth-order valence-corrected chi connectivity index (χ4v) is 5.14. The molecule has 5 rings (SSSR count). The molecule has 1 unspecified atom stereocenters. The van der Waals surface area contributed by atoms with Crippen LogP contribution in [-0.4, -0.2) is 52.9 Å². The average Bonchev–Trinajstić information content (AvgIpc) is 3.60. The number of hydrogen-bond donors (Lipinski definition) is 0. The number of rotatable bonds is 6. The van der Waals surface area contributed by atoms with Crippen molar-refractivity contribution in [3.05, 3.63) is 60.2 Å². The summed E-state index contributed by atoms with van der Waals surface area (Å²) in [5, 5.41) is 0. The van der Waals surface area contributed by atoms with Crippen molar-refractivity contribution in [2.45, 2.75) is 57.3 Å². The molecule has 176 valence electrons. The van der Waals surface area contributed by atoms with Crippen molar-refractivity contribution < 1.29 is 23.9 Å². The molecular weight excluding hydrogens is 434 g/mol. The molecule has 8 nitrogen and oxygen atoms in total. The fraction of sp³-hybridized carbons (Fsp3) is 0.385. The van der Waals surface area contributed by atoms with Gasteiger partial charge >= 0.3 is 5.97 Å². The molecule has 0 spiro atoms. The third-order valence-electron chi connectivity index (χ3n) is 6.68. The van der Waals surface area contributed by atoms with E-state index in [0.717, 1.165) is 12.8 Å². The minimum Gasteiger partial charge on any atom is -0.452 e. The van der Waals surface area contributed by atoms with Crippen molar-refractivity contribution >= 4 is 35.1 Å². The Morgan fingerprint density at radius 3 is 2.41 bits per heavy atom. The standard InChI is InChI=1S/C26H27N3O5/c1-17(2)27(18-8-4-3-5-9-18)23(31)16-34-25(33)26-15-14-22(30)29(26)21-11-7-6-10-20(21)24(32)28(26)19-12-13-19/h3-11,17,19H,12-16H2,1-2H3. The molecule has 34 heavy (non-hydrogen) atoms. The van der Waals surface area contributed by atoms with Crippen molar-refractivity contribution in [1.82, 2.24) is 4.90 Å². The molecular formula is C26H27N3O5. The van der Waals surface area contributed by atoms with Crippen LogP contribution in [0.5, 0.6) is 0 Å². The molecule has 2 aliphatic heterocycles. The van der Waals surface area contributed by atoms with Gasteiger partial charge in [-0.2, -0.15) is 0 Å². The molecule has 0 N–H and O–H groups in total. The van der Waals surface area contributed by atoms with E-state index in [1.807, 2.05) is 44.2 Å². The van der Waals surface area contributed by atoms with Crippen LogP contribution in [0.15, 0.2) is 54.6 Å². The Hall–Kier alpha value is -3.68. The van der Waals surface area contributed by atoms with Gasteiger partial charge in [0.1, 0.15) is 0 Å². The third-order valence-corrected chi connectivity index (χ3v) is 6.68. The van der Waals surface area contributed by atoms with Gasteiger partial charge in [0, 0.05) is 30.6 Å². The van der Waals surface area contributed by atoms with Crippen LogP contribution in [0.2, 0.25) is 0 Å². The summed E-state index contributed by atoms with van der Waals surface area (Å²) in [5.74, 6) is -1.62. The van der Waals surface area contributed by atoms with Crippen LogP contribution >= 0.6 is 0 Å². The van der Waals surface area contributed by atoms with E-state index in [1.165, 1.54) is 9.80 Å². The minimum absolute atomic E-state index is 0.121. The Morgan fingerprint density at radius 1 is 1.06 bits per heavy atom. The summed E-state index contributed by atoms with van der Waals surface area (Å²) >= 11 is 0. The number of hydrogen-bond acceptors (Lipinski definition) is 5. The highest BCUT2D eigenvalue weighted by Gasteiger charge is 2.64. The predicted molar refractivity (Wildman–Crippen MR) is 125 cm³/mol. The number of esters is 1. The van der Waals surface area contributed by atoms with E-state index in [-0.39, 0.29) is 42.6 Å². The zero-order valence-corrected chi connectivity index (χ0v) is 19.3. The van der Waals surface area contributed by atoms with Crippen molar-refractivity contribution in [2.24, 2.45) is 0 Å². The normalized spacial score (nSPS) is 21.4. The highest BCUT2D eigenvalue weighted by Crippen LogP contribution is 2.49. The van der Waals surface area contributed by atoms with Gasteiger partial charge in [0.05, 0.1) is 11.3 Å². The van der Waals surface area contributed by atoms with Gasteiger partial charge in [-0.05, 0) is 51.0 Å². The van der Waals surface area contributed by atoms with Crippen LogP contribution in [0.1, 0.15) is 49.9 Å². The number of nitrogens with zero attached hydrogens (tertiary/aromatic N) is 3. The van der Waals surface area contributed by atoms with Crippen LogP contribution in [0.4, 0.5) is 11.4 Å². The number of amides is 3. The van der Waals surface area contributed by atoms with E-state index in [1.54, 1.807) is 29.2 Å². The Bertz CT molecular complexity index is 1160. The molecule has 2 heterocycles. The average molecular weight is 462 g/mol. The van der Waals surface area contributed by atoms with E-state index < -0.39 is 18.2 Å². The molecule has 2 aromatic rings. The summed E-state index contributed by atoms with van der Waals surface area (Å²) in [6.07, 6.45) is 1.79. The van der Waals surface area contributed by atoms with Crippen molar-refractivity contribution in [3.63, 3.8) is 0 Å². The van der Waals surface area contributed by atoms with Crippen LogP contribution in [0, 0.1) is 0 Å². The molecule has 1 aliphatic carbocycles. The SMILES string of the molecule is CC(C)N(C(=O)COC(=O)C12CCC(=O)N1c1ccccc1C(=O)N2C1CC1)c1ccccc1. The topological polar surface area (TPSA) is 87.2 Å². The predicted octanol–water partition coefficient (Wildman–Crippen LogP) is 3.11. The second-order valence-corrected chi connectivity index (χ2v) is 9.24. The van der Waals surface area contributed by atoms with Gasteiger partial charge in [0.2, 0.25) is 11.6 Å². The van der Waals surface area contributed by atoms with Gasteiger partial charge in [0.15, 0.2) is 6.61 Å². The first-order valence-electron chi connectivity index (χ1n) is 11.7. The zero-order chi connectivity index (χ0) is 24.0. The molecule has 3 amide bonds. The van der Waals surface area contributed by atoms with Gasteiger partial charge in [0.25, 0.3) is 11.8 Å². The van der Waals surface area contributed by atoms with Crippen molar-refractivity contribution in [3.8, 4) is 0 Å². The molecule has 1 saturated heterocycles. The van der Waals surface area contributed by atoms with Gasteiger partial charge in [-0.15, -0.1) is 0 Å². The van der Waals surface area contributed by atoms with Gasteiger partial charge in [-0.3, -0.25) is 19.3 Å². The summed E-state index contributed by atoms with van der Waals surface area (Å²) in [4.78, 5) is 57.8. The monoisotopic (exact) mass is 461 g/mol. The third kappa shape index (κ3) is 3.36. The second-order valence-electron chi connectivity index (χ2n) is 9.24. The lowest BCUT2D eigenvalue weighted by Crippen LogP contribution is -2.69. The maximum Gasteiger partial charge on any atom is 0.354 e. The number of carbonyl (C=O) groups is 4. The van der Waals surface area contributed by atoms with Crippen molar-refractivity contribution in [2.75, 3.05) is 16.4 Å². The molecule has 0 radical (unpaired) electrons. The van der Waals surface area contributed by atoms with Gasteiger partial charge in [-0.1, -0.05) is 30.3 Å². The Balaban J connectivity index is 1.46. The number of anilines is 2. The summed E-state index contributed by atoms with van der Waals surface area (Å²) in [7, 11) is 0. The first-order chi connectivity index (χ1) is 16.4. The van der Waals surface area contributed by atoms with E-state index in [4.69, 9.17) is 4.74 Å². The quantitative estimate of drug-likeness (QED) is 0.617. The second kappa shape index (κ2) is 8.27. The molecule has 0 bridgehead atoms. The minimum atomic E-state index is -1.56. The molecule has 1 atom stereocenters. The van der Waals surface area contributed by atoms with E-state index in [2.05, 4.69) is 0 Å². The lowest BCUT2D eigenvalue weighted by Gasteiger charge is -2.48. The molecule has 3 aliphatic rings. The lowest BCUT2D eigenvalue weighted by molar-refractivity contribution is -0.160. The number of carbonyl (C=O) groups excluding carboxylic acids is 4. The Kier molecular flexibility index (Phi) is 5.38. The van der Waals surface area contributed by atoms with Crippen molar-refractivity contribution in [1.29, 1.82) is 0 Å². The fourth-order valence-electron chi connectivity index (χ4n) is 5.14. The Morgan fingerprint density at radius 2 is 1.74 bits per heavy atom. The van der Waals surface area contributed by atoms with Crippen LogP contribution in [0.3, 0.4) is 0 Å².